The Bertz CT molecular complexity index is 1300. The molecule has 1 aliphatic rings. The second-order valence-corrected chi connectivity index (χ2v) is 8.94. The van der Waals surface area contributed by atoms with E-state index in [9.17, 15) is 14.4 Å². The molecule has 0 saturated heterocycles. The lowest BCUT2D eigenvalue weighted by Crippen LogP contribution is -2.42. The Morgan fingerprint density at radius 3 is 2.54 bits per heavy atom. The molecule has 3 aromatic rings. The number of benzene rings is 2. The molecule has 1 aromatic heterocycles. The van der Waals surface area contributed by atoms with Crippen LogP contribution in [-0.2, 0) is 35.3 Å². The van der Waals surface area contributed by atoms with Crippen LogP contribution in [0.5, 0.6) is 0 Å². The van der Waals surface area contributed by atoms with Crippen molar-refractivity contribution in [1.29, 1.82) is 0 Å². The van der Waals surface area contributed by atoms with Gasteiger partial charge in [-0.3, -0.25) is 19.1 Å². The zero-order valence-electron chi connectivity index (χ0n) is 20.1. The number of nitrogens with two attached hydrogens (primary N) is 1. The molecule has 1 heterocycles. The average molecular weight is 477 g/mol. The van der Waals surface area contributed by atoms with E-state index in [-0.39, 0.29) is 36.9 Å². The molecule has 0 saturated carbocycles. The zero-order chi connectivity index (χ0) is 24.8. The number of ether oxygens (including phenoxy) is 1. The van der Waals surface area contributed by atoms with Crippen LogP contribution in [0, 0.1) is 0 Å². The number of hydrogen-bond acceptors (Lipinski definition) is 5. The van der Waals surface area contributed by atoms with Gasteiger partial charge in [0.05, 0.1) is 13.0 Å². The number of carbonyl (C=O) groups excluding carboxylic acids is 1. The van der Waals surface area contributed by atoms with Gasteiger partial charge in [-0.05, 0) is 54.4 Å². The second kappa shape index (κ2) is 11.2. The van der Waals surface area contributed by atoms with Crippen molar-refractivity contribution in [3.8, 4) is 0 Å². The maximum absolute atomic E-state index is 13.5. The summed E-state index contributed by atoms with van der Waals surface area (Å²) < 4.78 is 6.45. The van der Waals surface area contributed by atoms with Crippen molar-refractivity contribution in [2.24, 2.45) is 0 Å². The number of carbonyl (C=O) groups is 1. The van der Waals surface area contributed by atoms with Crippen LogP contribution in [0.2, 0.25) is 0 Å². The Balaban J connectivity index is 1.67. The molecule has 0 unspecified atom stereocenters. The van der Waals surface area contributed by atoms with Crippen molar-refractivity contribution in [2.45, 2.75) is 45.1 Å². The Kier molecular flexibility index (Phi) is 7.82. The van der Waals surface area contributed by atoms with E-state index >= 15 is 0 Å². The van der Waals surface area contributed by atoms with Crippen molar-refractivity contribution in [2.75, 3.05) is 30.9 Å². The Morgan fingerprint density at radius 1 is 1.06 bits per heavy atom. The fourth-order valence-electron chi connectivity index (χ4n) is 4.66. The summed E-state index contributed by atoms with van der Waals surface area (Å²) >= 11 is 0. The smallest absolute Gasteiger partial charge is 0.330 e. The first-order chi connectivity index (χ1) is 17.0. The lowest BCUT2D eigenvalue weighted by Gasteiger charge is -2.25. The number of amides is 1. The molecule has 1 aliphatic carbocycles. The number of hydrogen-bond donors (Lipinski definition) is 2. The zero-order valence-corrected chi connectivity index (χ0v) is 20.1. The lowest BCUT2D eigenvalue weighted by atomic mass is 9.90. The summed E-state index contributed by atoms with van der Waals surface area (Å²) in [5, 5.41) is 0. The van der Waals surface area contributed by atoms with Crippen LogP contribution in [0.25, 0.3) is 0 Å². The van der Waals surface area contributed by atoms with E-state index in [1.807, 2.05) is 36.4 Å². The molecule has 8 heteroatoms. The van der Waals surface area contributed by atoms with Gasteiger partial charge in [-0.1, -0.05) is 48.5 Å². The molecule has 0 fully saturated rings. The molecule has 4 rings (SSSR count). The molecule has 0 atom stereocenters. The lowest BCUT2D eigenvalue weighted by molar-refractivity contribution is -0.118. The van der Waals surface area contributed by atoms with Gasteiger partial charge < -0.3 is 15.4 Å². The van der Waals surface area contributed by atoms with Gasteiger partial charge in [-0.15, -0.1) is 0 Å². The van der Waals surface area contributed by atoms with Gasteiger partial charge in [0, 0.05) is 20.3 Å². The monoisotopic (exact) mass is 476 g/mol. The molecule has 1 amide bonds. The van der Waals surface area contributed by atoms with E-state index in [1.54, 1.807) is 7.11 Å². The second-order valence-electron chi connectivity index (χ2n) is 8.94. The van der Waals surface area contributed by atoms with Crippen molar-refractivity contribution in [3.05, 3.63) is 91.6 Å². The van der Waals surface area contributed by atoms with E-state index < -0.39 is 11.2 Å². The summed E-state index contributed by atoms with van der Waals surface area (Å²) in [7, 11) is 1.58. The minimum Gasteiger partial charge on any atom is -0.385 e. The summed E-state index contributed by atoms with van der Waals surface area (Å²) in [6.45, 7) is 0.846. The van der Waals surface area contributed by atoms with E-state index in [4.69, 9.17) is 10.5 Å². The largest absolute Gasteiger partial charge is 0.385 e. The van der Waals surface area contributed by atoms with Crippen LogP contribution in [0.15, 0.2) is 58.1 Å². The highest BCUT2D eigenvalue weighted by molar-refractivity contribution is 5.96. The highest BCUT2D eigenvalue weighted by atomic mass is 16.5. The number of methoxy groups -OCH3 is 1. The maximum Gasteiger partial charge on any atom is 0.330 e. The Hall–Kier alpha value is -3.65. The topological polar surface area (TPSA) is 110 Å². The molecule has 184 valence electrons. The number of nitrogens with zero attached hydrogens (tertiary/aromatic N) is 2. The predicted molar refractivity (Wildman–Crippen MR) is 137 cm³/mol. The van der Waals surface area contributed by atoms with Gasteiger partial charge in [-0.25, -0.2) is 4.79 Å². The van der Waals surface area contributed by atoms with Crippen molar-refractivity contribution >= 4 is 17.4 Å². The molecule has 0 bridgehead atoms. The fraction of sp³-hybridized carbons (Fsp3) is 0.370. The highest BCUT2D eigenvalue weighted by Crippen LogP contribution is 2.24. The van der Waals surface area contributed by atoms with Crippen molar-refractivity contribution in [1.82, 2.24) is 9.55 Å². The SMILES string of the molecule is COCCCN(C(=O)Cc1ccc2c(c1)CCCC2)c1c(N)n(Cc2ccccc2)c(=O)[nH]c1=O. The van der Waals surface area contributed by atoms with Crippen LogP contribution in [0.4, 0.5) is 11.5 Å². The summed E-state index contributed by atoms with van der Waals surface area (Å²) in [6, 6.07) is 15.5. The third-order valence-corrected chi connectivity index (χ3v) is 6.47. The minimum atomic E-state index is -0.673. The third kappa shape index (κ3) is 5.71. The Morgan fingerprint density at radius 2 is 1.80 bits per heavy atom. The van der Waals surface area contributed by atoms with E-state index in [0.717, 1.165) is 30.4 Å². The predicted octanol–water partition coefficient (Wildman–Crippen LogP) is 2.66. The normalized spacial score (nSPS) is 12.8. The van der Waals surface area contributed by atoms with Crippen LogP contribution in [0.3, 0.4) is 0 Å². The standard InChI is InChI=1S/C27H32N4O4/c1-35-15-7-14-30(23(32)17-20-12-13-21-10-5-6-11-22(21)16-20)24-25(28)31(27(34)29-26(24)33)18-19-8-3-2-4-9-19/h2-4,8-9,12-13,16H,5-7,10-11,14-15,17-18,28H2,1H3,(H,29,33,34). The highest BCUT2D eigenvalue weighted by Gasteiger charge is 2.24. The van der Waals surface area contributed by atoms with Crippen molar-refractivity contribution in [3.63, 3.8) is 0 Å². The fourth-order valence-corrected chi connectivity index (χ4v) is 4.66. The number of nitrogen functional groups attached to an aromatic ring is 1. The average Bonchev–Trinajstić information content (AvgIpc) is 2.86. The van der Waals surface area contributed by atoms with E-state index in [0.29, 0.717) is 13.0 Å². The van der Waals surface area contributed by atoms with Crippen LogP contribution in [0.1, 0.15) is 41.5 Å². The number of anilines is 2. The number of aryl methyl sites for hydroxylation is 2. The molecule has 0 radical (unpaired) electrons. The van der Waals surface area contributed by atoms with E-state index in [1.165, 1.54) is 27.0 Å². The molecule has 3 N–H and O–H groups in total. The summed E-state index contributed by atoms with van der Waals surface area (Å²) in [4.78, 5) is 42.8. The first kappa shape index (κ1) is 24.5. The molecular weight excluding hydrogens is 444 g/mol. The third-order valence-electron chi connectivity index (χ3n) is 6.47. The van der Waals surface area contributed by atoms with Gasteiger partial charge in [0.1, 0.15) is 5.82 Å². The number of aromatic amines is 1. The van der Waals surface area contributed by atoms with Crippen molar-refractivity contribution < 1.29 is 9.53 Å². The van der Waals surface area contributed by atoms with Crippen LogP contribution >= 0.6 is 0 Å². The summed E-state index contributed by atoms with van der Waals surface area (Å²) in [6.07, 6.45) is 5.09. The van der Waals surface area contributed by atoms with Gasteiger partial charge >= 0.3 is 5.69 Å². The Labute approximate surface area is 204 Å². The molecule has 0 spiro atoms. The van der Waals surface area contributed by atoms with Gasteiger partial charge in [0.15, 0.2) is 5.69 Å². The van der Waals surface area contributed by atoms with Crippen LogP contribution in [-0.4, -0.2) is 35.7 Å². The number of H-pyrrole nitrogens is 1. The molecule has 35 heavy (non-hydrogen) atoms. The number of rotatable bonds is 9. The van der Waals surface area contributed by atoms with Gasteiger partial charge in [0.2, 0.25) is 5.91 Å². The number of aromatic nitrogens is 2. The summed E-state index contributed by atoms with van der Waals surface area (Å²) in [5.74, 6) is -0.280. The first-order valence-electron chi connectivity index (χ1n) is 12.0. The number of fused-ring (bicyclic) bond motifs is 1. The molecule has 0 aliphatic heterocycles. The van der Waals surface area contributed by atoms with Gasteiger partial charge in [-0.2, -0.15) is 0 Å². The summed E-state index contributed by atoms with van der Waals surface area (Å²) in [5.41, 5.74) is 9.49. The minimum absolute atomic E-state index is 0.000376. The first-order valence-corrected chi connectivity index (χ1v) is 12.0. The molecule has 8 nitrogen and oxygen atoms in total. The van der Waals surface area contributed by atoms with Gasteiger partial charge in [0.25, 0.3) is 5.56 Å². The molecule has 2 aromatic carbocycles. The van der Waals surface area contributed by atoms with E-state index in [2.05, 4.69) is 17.1 Å². The molecular formula is C27H32N4O4. The quantitative estimate of drug-likeness (QED) is 0.462. The number of nitrogens with one attached hydrogen (secondary N) is 1. The van der Waals surface area contributed by atoms with Crippen LogP contribution < -0.4 is 21.9 Å². The maximum atomic E-state index is 13.5.